The Morgan fingerprint density at radius 1 is 1.35 bits per heavy atom. The Balaban J connectivity index is 2.95. The number of methoxy groups -OCH3 is 1. The van der Waals surface area contributed by atoms with Crippen molar-refractivity contribution in [3.63, 3.8) is 0 Å². The van der Waals surface area contributed by atoms with E-state index in [1.807, 2.05) is 6.07 Å². The van der Waals surface area contributed by atoms with Crippen LogP contribution in [0.3, 0.4) is 0 Å². The van der Waals surface area contributed by atoms with Gasteiger partial charge in [0.1, 0.15) is 5.60 Å². The van der Waals surface area contributed by atoms with E-state index in [1.54, 1.807) is 32.0 Å². The van der Waals surface area contributed by atoms with Crippen LogP contribution in [0.2, 0.25) is 0 Å². The number of nitrogen functional groups attached to an aromatic ring is 1. The van der Waals surface area contributed by atoms with Crippen molar-refractivity contribution in [3.8, 4) is 0 Å². The molecule has 0 unspecified atom stereocenters. The van der Waals surface area contributed by atoms with Gasteiger partial charge >= 0.3 is 0 Å². The summed E-state index contributed by atoms with van der Waals surface area (Å²) in [6, 6.07) is 7.13. The lowest BCUT2D eigenvalue weighted by atomic mass is 10.1. The van der Waals surface area contributed by atoms with E-state index < -0.39 is 11.5 Å². The fourth-order valence-corrected chi connectivity index (χ4v) is 1.77. The number of rotatable bonds is 6. The van der Waals surface area contributed by atoms with Crippen LogP contribution in [0.25, 0.3) is 0 Å². The third-order valence-corrected chi connectivity index (χ3v) is 2.98. The van der Waals surface area contributed by atoms with Gasteiger partial charge < -0.3 is 21.1 Å². The maximum atomic E-state index is 12.4. The number of primary amides is 1. The molecule has 0 saturated heterocycles. The normalized spacial score (nSPS) is 11.2. The summed E-state index contributed by atoms with van der Waals surface area (Å²) in [6.07, 6.45) is 0. The van der Waals surface area contributed by atoms with Crippen molar-refractivity contribution in [2.45, 2.75) is 26.0 Å². The van der Waals surface area contributed by atoms with Crippen molar-refractivity contribution in [1.29, 1.82) is 0 Å². The van der Waals surface area contributed by atoms with Gasteiger partial charge in [-0.3, -0.25) is 9.59 Å². The average Bonchev–Trinajstić information content (AvgIpc) is 2.36. The maximum absolute atomic E-state index is 12.4. The summed E-state index contributed by atoms with van der Waals surface area (Å²) in [5, 5.41) is 0. The molecule has 110 valence electrons. The van der Waals surface area contributed by atoms with E-state index in [0.29, 0.717) is 5.69 Å². The SMILES string of the molecule is COC(C)(C)C(=O)N(CC(N)=O)Cc1cccc(N)c1. The number of nitrogens with zero attached hydrogens (tertiary/aromatic N) is 1. The molecular weight excluding hydrogens is 258 g/mol. The highest BCUT2D eigenvalue weighted by Gasteiger charge is 2.32. The number of anilines is 1. The molecule has 6 nitrogen and oxygen atoms in total. The van der Waals surface area contributed by atoms with E-state index in [9.17, 15) is 9.59 Å². The van der Waals surface area contributed by atoms with Crippen molar-refractivity contribution >= 4 is 17.5 Å². The molecule has 0 radical (unpaired) electrons. The maximum Gasteiger partial charge on any atom is 0.254 e. The molecule has 0 bridgehead atoms. The van der Waals surface area contributed by atoms with E-state index in [1.165, 1.54) is 12.0 Å². The number of ether oxygens (including phenoxy) is 1. The van der Waals surface area contributed by atoms with Crippen molar-refractivity contribution < 1.29 is 14.3 Å². The van der Waals surface area contributed by atoms with E-state index in [0.717, 1.165) is 5.56 Å². The van der Waals surface area contributed by atoms with Crippen LogP contribution in [-0.4, -0.2) is 36.0 Å². The number of carbonyl (C=O) groups is 2. The van der Waals surface area contributed by atoms with Crippen LogP contribution in [0.15, 0.2) is 24.3 Å². The Kier molecular flexibility index (Phi) is 5.10. The highest BCUT2D eigenvalue weighted by Crippen LogP contribution is 2.16. The van der Waals surface area contributed by atoms with Crippen LogP contribution in [0.1, 0.15) is 19.4 Å². The molecule has 0 spiro atoms. The molecule has 0 aliphatic carbocycles. The van der Waals surface area contributed by atoms with Gasteiger partial charge in [-0.1, -0.05) is 12.1 Å². The summed E-state index contributed by atoms with van der Waals surface area (Å²) in [7, 11) is 1.45. The molecule has 0 saturated carbocycles. The first-order valence-electron chi connectivity index (χ1n) is 6.23. The van der Waals surface area contributed by atoms with Crippen LogP contribution in [0.5, 0.6) is 0 Å². The fourth-order valence-electron chi connectivity index (χ4n) is 1.77. The number of amides is 2. The molecule has 0 fully saturated rings. The molecule has 0 aliphatic heterocycles. The molecule has 4 N–H and O–H groups in total. The molecule has 1 rings (SSSR count). The zero-order valence-electron chi connectivity index (χ0n) is 12.1. The first-order chi connectivity index (χ1) is 9.26. The second-order valence-electron chi connectivity index (χ2n) is 5.09. The first kappa shape index (κ1) is 16.0. The molecule has 0 aromatic heterocycles. The molecule has 0 aliphatic rings. The molecule has 1 aromatic rings. The Morgan fingerprint density at radius 2 is 2.00 bits per heavy atom. The minimum Gasteiger partial charge on any atom is -0.399 e. The average molecular weight is 279 g/mol. The van der Waals surface area contributed by atoms with Gasteiger partial charge in [-0.05, 0) is 31.5 Å². The summed E-state index contributed by atoms with van der Waals surface area (Å²) in [4.78, 5) is 24.9. The number of hydrogen-bond donors (Lipinski definition) is 2. The molecule has 6 heteroatoms. The molecule has 20 heavy (non-hydrogen) atoms. The van der Waals surface area contributed by atoms with E-state index in [2.05, 4.69) is 0 Å². The zero-order chi connectivity index (χ0) is 15.3. The fraction of sp³-hybridized carbons (Fsp3) is 0.429. The van der Waals surface area contributed by atoms with Gasteiger partial charge in [0, 0.05) is 19.3 Å². The van der Waals surface area contributed by atoms with Gasteiger partial charge in [0.15, 0.2) is 0 Å². The minimum absolute atomic E-state index is 0.166. The van der Waals surface area contributed by atoms with Crippen LogP contribution in [-0.2, 0) is 20.9 Å². The smallest absolute Gasteiger partial charge is 0.254 e. The van der Waals surface area contributed by atoms with E-state index in [4.69, 9.17) is 16.2 Å². The summed E-state index contributed by atoms with van der Waals surface area (Å²) < 4.78 is 5.16. The molecule has 0 atom stereocenters. The zero-order valence-corrected chi connectivity index (χ0v) is 12.1. The van der Waals surface area contributed by atoms with E-state index in [-0.39, 0.29) is 19.0 Å². The van der Waals surface area contributed by atoms with Crippen molar-refractivity contribution in [2.75, 3.05) is 19.4 Å². The van der Waals surface area contributed by atoms with Crippen LogP contribution < -0.4 is 11.5 Å². The number of hydrogen-bond acceptors (Lipinski definition) is 4. The van der Waals surface area contributed by atoms with Crippen LogP contribution >= 0.6 is 0 Å². The lowest BCUT2D eigenvalue weighted by Gasteiger charge is -2.30. The van der Waals surface area contributed by atoms with Gasteiger partial charge in [0.05, 0.1) is 6.54 Å². The summed E-state index contributed by atoms with van der Waals surface area (Å²) >= 11 is 0. The topological polar surface area (TPSA) is 98.6 Å². The Hall–Kier alpha value is -2.08. The molecular formula is C14H21N3O3. The van der Waals surface area contributed by atoms with Gasteiger partial charge in [-0.15, -0.1) is 0 Å². The summed E-state index contributed by atoms with van der Waals surface area (Å²) in [5.74, 6) is -0.879. The quantitative estimate of drug-likeness (QED) is 0.741. The molecule has 2 amide bonds. The second-order valence-corrected chi connectivity index (χ2v) is 5.09. The first-order valence-corrected chi connectivity index (χ1v) is 6.23. The summed E-state index contributed by atoms with van der Waals surface area (Å²) in [6.45, 7) is 3.37. The highest BCUT2D eigenvalue weighted by atomic mass is 16.5. The lowest BCUT2D eigenvalue weighted by Crippen LogP contribution is -2.48. The predicted molar refractivity (Wildman–Crippen MR) is 76.6 cm³/mol. The van der Waals surface area contributed by atoms with Gasteiger partial charge in [0.2, 0.25) is 5.91 Å². The monoisotopic (exact) mass is 279 g/mol. The number of nitrogens with two attached hydrogens (primary N) is 2. The van der Waals surface area contributed by atoms with E-state index >= 15 is 0 Å². The van der Waals surface area contributed by atoms with Gasteiger partial charge in [-0.2, -0.15) is 0 Å². The number of benzene rings is 1. The van der Waals surface area contributed by atoms with Crippen molar-refractivity contribution in [2.24, 2.45) is 5.73 Å². The molecule has 0 heterocycles. The third kappa shape index (κ3) is 4.24. The Bertz CT molecular complexity index is 500. The summed E-state index contributed by atoms with van der Waals surface area (Å²) in [5.41, 5.74) is 11.3. The second kappa shape index (κ2) is 6.38. The van der Waals surface area contributed by atoms with Gasteiger partial charge in [0.25, 0.3) is 5.91 Å². The predicted octanol–water partition coefficient (Wildman–Crippen LogP) is 0.508. The number of carbonyl (C=O) groups excluding carboxylic acids is 2. The third-order valence-electron chi connectivity index (χ3n) is 2.98. The Labute approximate surface area is 118 Å². The standard InChI is InChI=1S/C14H21N3O3/c1-14(2,20-3)13(19)17(9-12(16)18)8-10-5-4-6-11(15)7-10/h4-7H,8-9,15H2,1-3H3,(H2,16,18). The highest BCUT2D eigenvalue weighted by molar-refractivity contribution is 5.88. The van der Waals surface area contributed by atoms with Crippen LogP contribution in [0.4, 0.5) is 5.69 Å². The largest absolute Gasteiger partial charge is 0.399 e. The van der Waals surface area contributed by atoms with Gasteiger partial charge in [-0.25, -0.2) is 0 Å². The Morgan fingerprint density at radius 3 is 2.50 bits per heavy atom. The lowest BCUT2D eigenvalue weighted by molar-refractivity contribution is -0.153. The minimum atomic E-state index is -1.02. The van der Waals surface area contributed by atoms with Crippen molar-refractivity contribution in [1.82, 2.24) is 4.90 Å². The van der Waals surface area contributed by atoms with Crippen molar-refractivity contribution in [3.05, 3.63) is 29.8 Å². The molecule has 1 aromatic carbocycles. The van der Waals surface area contributed by atoms with Crippen LogP contribution in [0, 0.1) is 0 Å².